The fourth-order valence-electron chi connectivity index (χ4n) is 1.38. The number of hydrogen-bond donors (Lipinski definition) is 2. The monoisotopic (exact) mass is 203 g/mol. The summed E-state index contributed by atoms with van der Waals surface area (Å²) in [4.78, 5) is 21.5. The molecule has 0 aliphatic heterocycles. The number of nitrogens with one attached hydrogen (secondary N) is 2. The zero-order valence-electron chi connectivity index (χ0n) is 8.74. The van der Waals surface area contributed by atoms with Crippen LogP contribution in [0.3, 0.4) is 0 Å². The molecule has 78 valence electrons. The van der Waals surface area contributed by atoms with Gasteiger partial charge in [0, 0.05) is 12.3 Å². The van der Waals surface area contributed by atoms with Crippen LogP contribution in [0.2, 0.25) is 0 Å². The van der Waals surface area contributed by atoms with Crippen molar-refractivity contribution >= 4 is 0 Å². The van der Waals surface area contributed by atoms with Crippen molar-refractivity contribution in [3.05, 3.63) is 40.4 Å². The van der Waals surface area contributed by atoms with Gasteiger partial charge in [-0.3, -0.25) is 4.79 Å². The fraction of sp³-hybridized carbons (Fsp3) is 0.273. The van der Waals surface area contributed by atoms with Gasteiger partial charge in [0.15, 0.2) is 5.82 Å². The van der Waals surface area contributed by atoms with E-state index >= 15 is 0 Å². The van der Waals surface area contributed by atoms with E-state index in [0.29, 0.717) is 5.82 Å². The third-order valence-corrected chi connectivity index (χ3v) is 2.21. The highest BCUT2D eigenvalue weighted by Crippen LogP contribution is 2.14. The van der Waals surface area contributed by atoms with Gasteiger partial charge >= 0.3 is 0 Å². The SMILES string of the molecule is CC(C)c1cc(=O)[nH]c(-c2ccc[nH]2)n1. The van der Waals surface area contributed by atoms with Gasteiger partial charge in [-0.2, -0.15) is 0 Å². The molecular formula is C11H13N3O. The maximum atomic E-state index is 11.4. The van der Waals surface area contributed by atoms with Crippen LogP contribution < -0.4 is 5.56 Å². The topological polar surface area (TPSA) is 61.5 Å². The largest absolute Gasteiger partial charge is 0.359 e. The van der Waals surface area contributed by atoms with Crippen LogP contribution in [-0.4, -0.2) is 15.0 Å². The van der Waals surface area contributed by atoms with Gasteiger partial charge in [-0.05, 0) is 18.1 Å². The average molecular weight is 203 g/mol. The molecule has 0 amide bonds. The van der Waals surface area contributed by atoms with Gasteiger partial charge in [0.05, 0.1) is 11.4 Å². The van der Waals surface area contributed by atoms with Crippen LogP contribution in [-0.2, 0) is 0 Å². The lowest BCUT2D eigenvalue weighted by atomic mass is 10.1. The minimum absolute atomic E-state index is 0.113. The number of H-pyrrole nitrogens is 2. The van der Waals surface area contributed by atoms with Crippen molar-refractivity contribution in [1.82, 2.24) is 15.0 Å². The normalized spacial score (nSPS) is 10.9. The molecule has 2 aromatic heterocycles. The quantitative estimate of drug-likeness (QED) is 0.782. The zero-order chi connectivity index (χ0) is 10.8. The molecule has 4 nitrogen and oxygen atoms in total. The molecule has 0 radical (unpaired) electrons. The Kier molecular flexibility index (Phi) is 2.41. The highest BCUT2D eigenvalue weighted by Gasteiger charge is 2.06. The van der Waals surface area contributed by atoms with Crippen molar-refractivity contribution in [2.45, 2.75) is 19.8 Å². The predicted octanol–water partition coefficient (Wildman–Crippen LogP) is 1.89. The van der Waals surface area contributed by atoms with E-state index in [-0.39, 0.29) is 11.5 Å². The second-order valence-electron chi connectivity index (χ2n) is 3.76. The molecule has 2 N–H and O–H groups in total. The van der Waals surface area contributed by atoms with Crippen molar-refractivity contribution in [2.75, 3.05) is 0 Å². The molecule has 0 saturated carbocycles. The lowest BCUT2D eigenvalue weighted by Crippen LogP contribution is -2.11. The molecule has 0 saturated heterocycles. The van der Waals surface area contributed by atoms with E-state index < -0.39 is 0 Å². The van der Waals surface area contributed by atoms with E-state index in [1.54, 1.807) is 6.20 Å². The summed E-state index contributed by atoms with van der Waals surface area (Å²) in [5.74, 6) is 0.845. The molecule has 0 fully saturated rings. The molecule has 2 aromatic rings. The van der Waals surface area contributed by atoms with E-state index in [1.807, 2.05) is 26.0 Å². The molecule has 0 unspecified atom stereocenters. The summed E-state index contributed by atoms with van der Waals surface area (Å²) < 4.78 is 0. The van der Waals surface area contributed by atoms with E-state index in [4.69, 9.17) is 0 Å². The lowest BCUT2D eigenvalue weighted by Gasteiger charge is -2.05. The van der Waals surface area contributed by atoms with Gasteiger partial charge in [-0.15, -0.1) is 0 Å². The maximum Gasteiger partial charge on any atom is 0.251 e. The molecule has 0 aromatic carbocycles. The highest BCUT2D eigenvalue weighted by atomic mass is 16.1. The highest BCUT2D eigenvalue weighted by molar-refractivity contribution is 5.48. The van der Waals surface area contributed by atoms with E-state index in [2.05, 4.69) is 15.0 Å². The second-order valence-corrected chi connectivity index (χ2v) is 3.76. The summed E-state index contributed by atoms with van der Waals surface area (Å²) in [5, 5.41) is 0. The standard InChI is InChI=1S/C11H13N3O/c1-7(2)9-6-10(15)14-11(13-9)8-4-3-5-12-8/h3-7,12H,1-2H3,(H,13,14,15). The molecular weight excluding hydrogens is 190 g/mol. The van der Waals surface area contributed by atoms with Crippen LogP contribution in [0, 0.1) is 0 Å². The summed E-state index contributed by atoms with van der Waals surface area (Å²) in [6, 6.07) is 5.29. The Morgan fingerprint density at radius 3 is 2.80 bits per heavy atom. The van der Waals surface area contributed by atoms with Gasteiger partial charge in [0.1, 0.15) is 0 Å². The number of rotatable bonds is 2. The van der Waals surface area contributed by atoms with Crippen LogP contribution >= 0.6 is 0 Å². The first-order valence-corrected chi connectivity index (χ1v) is 4.92. The second kappa shape index (κ2) is 3.73. The van der Waals surface area contributed by atoms with E-state index in [9.17, 15) is 4.79 Å². The molecule has 15 heavy (non-hydrogen) atoms. The summed E-state index contributed by atoms with van der Waals surface area (Å²) in [5.41, 5.74) is 1.52. The van der Waals surface area contributed by atoms with Gasteiger partial charge in [0.2, 0.25) is 0 Å². The predicted molar refractivity (Wildman–Crippen MR) is 58.7 cm³/mol. The zero-order valence-corrected chi connectivity index (χ0v) is 8.74. The van der Waals surface area contributed by atoms with Gasteiger partial charge in [0.25, 0.3) is 5.56 Å². The molecule has 0 aliphatic carbocycles. The van der Waals surface area contributed by atoms with Crippen molar-refractivity contribution in [3.8, 4) is 11.5 Å². The first-order valence-electron chi connectivity index (χ1n) is 4.92. The van der Waals surface area contributed by atoms with E-state index in [0.717, 1.165) is 11.4 Å². The first kappa shape index (κ1) is 9.71. The number of aromatic nitrogens is 3. The summed E-state index contributed by atoms with van der Waals surface area (Å²) in [6.45, 7) is 4.03. The number of aromatic amines is 2. The van der Waals surface area contributed by atoms with Gasteiger partial charge in [-0.1, -0.05) is 13.8 Å². The molecule has 0 aliphatic rings. The number of nitrogens with zero attached hydrogens (tertiary/aromatic N) is 1. The summed E-state index contributed by atoms with van der Waals surface area (Å²) in [7, 11) is 0. The molecule has 0 bridgehead atoms. The Balaban J connectivity index is 2.54. The molecule has 4 heteroatoms. The summed E-state index contributed by atoms with van der Waals surface area (Å²) >= 11 is 0. The van der Waals surface area contributed by atoms with E-state index in [1.165, 1.54) is 6.07 Å². The smallest absolute Gasteiger partial charge is 0.251 e. The maximum absolute atomic E-state index is 11.4. The van der Waals surface area contributed by atoms with Gasteiger partial charge < -0.3 is 9.97 Å². The third-order valence-electron chi connectivity index (χ3n) is 2.21. The van der Waals surface area contributed by atoms with Crippen molar-refractivity contribution in [1.29, 1.82) is 0 Å². The van der Waals surface area contributed by atoms with Crippen molar-refractivity contribution in [2.24, 2.45) is 0 Å². The van der Waals surface area contributed by atoms with Gasteiger partial charge in [-0.25, -0.2) is 4.98 Å². The molecule has 0 atom stereocenters. The third kappa shape index (κ3) is 1.98. The minimum atomic E-state index is -0.113. The summed E-state index contributed by atoms with van der Waals surface area (Å²) in [6.07, 6.45) is 1.80. The molecule has 0 spiro atoms. The van der Waals surface area contributed by atoms with Crippen LogP contribution in [0.1, 0.15) is 25.5 Å². The Labute approximate surface area is 87.4 Å². The molecule has 2 heterocycles. The van der Waals surface area contributed by atoms with Crippen LogP contribution in [0.4, 0.5) is 0 Å². The Morgan fingerprint density at radius 2 is 2.20 bits per heavy atom. The average Bonchev–Trinajstić information content (AvgIpc) is 2.69. The number of hydrogen-bond acceptors (Lipinski definition) is 2. The molecule has 2 rings (SSSR count). The minimum Gasteiger partial charge on any atom is -0.359 e. The first-order chi connectivity index (χ1) is 7.16. The van der Waals surface area contributed by atoms with Crippen molar-refractivity contribution < 1.29 is 0 Å². The Bertz CT molecular complexity index is 497. The Morgan fingerprint density at radius 1 is 1.40 bits per heavy atom. The van der Waals surface area contributed by atoms with Crippen LogP contribution in [0.25, 0.3) is 11.5 Å². The lowest BCUT2D eigenvalue weighted by molar-refractivity contribution is 0.811. The Hall–Kier alpha value is -1.84. The van der Waals surface area contributed by atoms with Crippen LogP contribution in [0.5, 0.6) is 0 Å². The van der Waals surface area contributed by atoms with Crippen molar-refractivity contribution in [3.63, 3.8) is 0 Å². The fourth-order valence-corrected chi connectivity index (χ4v) is 1.38. The van der Waals surface area contributed by atoms with Crippen LogP contribution in [0.15, 0.2) is 29.2 Å².